The first-order valence-corrected chi connectivity index (χ1v) is 9.62. The van der Waals surface area contributed by atoms with Gasteiger partial charge in [-0.05, 0) is 42.8 Å². The molecule has 1 heterocycles. The van der Waals surface area contributed by atoms with Crippen LogP contribution < -0.4 is 10.2 Å². The van der Waals surface area contributed by atoms with Crippen LogP contribution in [0.5, 0.6) is 0 Å². The number of hydrogen-bond donors (Lipinski definition) is 1. The molecule has 0 radical (unpaired) electrons. The molecule has 1 N–H and O–H groups in total. The Balaban J connectivity index is 1.57. The van der Waals surface area contributed by atoms with E-state index in [1.807, 2.05) is 36.4 Å². The van der Waals surface area contributed by atoms with Crippen LogP contribution in [-0.2, 0) is 6.54 Å². The molecule has 0 fully saturated rings. The minimum Gasteiger partial charge on any atom is -0.375 e. The Morgan fingerprint density at radius 2 is 2.00 bits per heavy atom. The van der Waals surface area contributed by atoms with Crippen molar-refractivity contribution in [2.75, 3.05) is 18.5 Å². The quantitative estimate of drug-likeness (QED) is 0.602. The maximum atomic E-state index is 12.4. The van der Waals surface area contributed by atoms with Crippen molar-refractivity contribution in [1.29, 1.82) is 0 Å². The lowest BCUT2D eigenvalue weighted by molar-refractivity contribution is 0.0946. The molecule has 0 unspecified atom stereocenters. The molecule has 6 nitrogen and oxygen atoms in total. The van der Waals surface area contributed by atoms with Gasteiger partial charge in [0.25, 0.3) is 5.91 Å². The monoisotopic (exact) mass is 398 g/mol. The van der Waals surface area contributed by atoms with Gasteiger partial charge in [0, 0.05) is 35.4 Å². The second-order valence-electron chi connectivity index (χ2n) is 6.53. The Morgan fingerprint density at radius 1 is 1.21 bits per heavy atom. The van der Waals surface area contributed by atoms with E-state index in [1.165, 1.54) is 0 Å². The smallest absolute Gasteiger partial charge is 0.251 e. The van der Waals surface area contributed by atoms with Gasteiger partial charge in [-0.25, -0.2) is 0 Å². The highest BCUT2D eigenvalue weighted by Gasteiger charge is 2.12. The second-order valence-corrected chi connectivity index (χ2v) is 6.96. The molecule has 0 aliphatic rings. The van der Waals surface area contributed by atoms with Gasteiger partial charge >= 0.3 is 0 Å². The number of nitrogens with zero attached hydrogens (tertiary/aromatic N) is 3. The molecule has 0 atom stereocenters. The number of amides is 1. The zero-order valence-corrected chi connectivity index (χ0v) is 16.7. The summed E-state index contributed by atoms with van der Waals surface area (Å²) in [6.45, 7) is 3.32. The molecule has 7 heteroatoms. The van der Waals surface area contributed by atoms with Crippen LogP contribution in [-0.4, -0.2) is 29.6 Å². The van der Waals surface area contributed by atoms with Gasteiger partial charge in [-0.1, -0.05) is 42.2 Å². The van der Waals surface area contributed by atoms with Crippen LogP contribution in [0, 0.1) is 0 Å². The third kappa shape index (κ3) is 5.10. The van der Waals surface area contributed by atoms with E-state index >= 15 is 0 Å². The van der Waals surface area contributed by atoms with Crippen LogP contribution in [0.25, 0.3) is 11.4 Å². The largest absolute Gasteiger partial charge is 0.375 e. The number of hydrogen-bond acceptors (Lipinski definition) is 5. The number of anilines is 1. The molecule has 146 valence electrons. The SMILES string of the molecule is CCCCN(C)c1ccc(C(=O)NCc2nc(-c3cccc(Cl)c3)no2)cc1. The van der Waals surface area contributed by atoms with Gasteiger partial charge in [0.2, 0.25) is 11.7 Å². The summed E-state index contributed by atoms with van der Waals surface area (Å²) in [5.74, 6) is 0.579. The second kappa shape index (κ2) is 9.37. The van der Waals surface area contributed by atoms with Crippen LogP contribution in [0.15, 0.2) is 53.1 Å². The normalized spacial score (nSPS) is 10.7. The van der Waals surface area contributed by atoms with Crippen molar-refractivity contribution in [1.82, 2.24) is 15.5 Å². The summed E-state index contributed by atoms with van der Waals surface area (Å²) in [5, 5.41) is 7.33. The van der Waals surface area contributed by atoms with Crippen molar-refractivity contribution in [2.24, 2.45) is 0 Å². The number of aromatic nitrogens is 2. The molecule has 1 amide bonds. The van der Waals surface area contributed by atoms with E-state index in [9.17, 15) is 4.79 Å². The molecule has 3 rings (SSSR count). The van der Waals surface area contributed by atoms with Crippen LogP contribution in [0.2, 0.25) is 5.02 Å². The number of carbonyl (C=O) groups excluding carboxylic acids is 1. The standard InChI is InChI=1S/C21H23ClN4O2/c1-3-4-12-26(2)18-10-8-15(9-11-18)21(27)23-14-19-24-20(25-28-19)16-6-5-7-17(22)13-16/h5-11,13H,3-4,12,14H2,1-2H3,(H,23,27). The van der Waals surface area contributed by atoms with E-state index in [4.69, 9.17) is 16.1 Å². The third-order valence-electron chi connectivity index (χ3n) is 4.37. The average Bonchev–Trinajstić information content (AvgIpc) is 3.19. The van der Waals surface area contributed by atoms with Crippen LogP contribution in [0.4, 0.5) is 5.69 Å². The summed E-state index contributed by atoms with van der Waals surface area (Å²) in [6.07, 6.45) is 2.29. The number of nitrogens with one attached hydrogen (secondary N) is 1. The van der Waals surface area contributed by atoms with Crippen molar-refractivity contribution < 1.29 is 9.32 Å². The topological polar surface area (TPSA) is 71.3 Å². The van der Waals surface area contributed by atoms with Crippen molar-refractivity contribution in [2.45, 2.75) is 26.3 Å². The predicted octanol–water partition coefficient (Wildman–Crippen LogP) is 4.56. The molecule has 0 bridgehead atoms. The van der Waals surface area contributed by atoms with E-state index in [-0.39, 0.29) is 12.5 Å². The molecular weight excluding hydrogens is 376 g/mol. The minimum atomic E-state index is -0.190. The van der Waals surface area contributed by atoms with E-state index < -0.39 is 0 Å². The molecule has 0 aliphatic heterocycles. The fourth-order valence-electron chi connectivity index (χ4n) is 2.72. The molecule has 0 spiro atoms. The number of benzene rings is 2. The summed E-state index contributed by atoms with van der Waals surface area (Å²) in [7, 11) is 2.05. The average molecular weight is 399 g/mol. The number of rotatable bonds is 8. The van der Waals surface area contributed by atoms with E-state index in [2.05, 4.69) is 34.3 Å². The molecule has 2 aromatic carbocycles. The molecule has 0 aliphatic carbocycles. The van der Waals surface area contributed by atoms with E-state index in [0.29, 0.717) is 22.3 Å². The Kier molecular flexibility index (Phi) is 6.66. The number of halogens is 1. The Bertz CT molecular complexity index is 924. The lowest BCUT2D eigenvalue weighted by Crippen LogP contribution is -2.23. The van der Waals surface area contributed by atoms with Gasteiger partial charge in [-0.15, -0.1) is 0 Å². The molecule has 0 saturated heterocycles. The van der Waals surface area contributed by atoms with Crippen molar-refractivity contribution >= 4 is 23.2 Å². The molecular formula is C21H23ClN4O2. The van der Waals surface area contributed by atoms with Gasteiger partial charge in [-0.2, -0.15) is 4.98 Å². The first-order chi connectivity index (χ1) is 13.6. The fraction of sp³-hybridized carbons (Fsp3) is 0.286. The lowest BCUT2D eigenvalue weighted by atomic mass is 10.2. The maximum absolute atomic E-state index is 12.4. The highest BCUT2D eigenvalue weighted by molar-refractivity contribution is 6.30. The summed E-state index contributed by atoms with van der Waals surface area (Å²) in [4.78, 5) is 18.8. The summed E-state index contributed by atoms with van der Waals surface area (Å²) < 4.78 is 5.21. The van der Waals surface area contributed by atoms with E-state index in [0.717, 1.165) is 30.6 Å². The summed E-state index contributed by atoms with van der Waals surface area (Å²) in [5.41, 5.74) is 2.44. The Hall–Kier alpha value is -2.86. The Labute approximate surface area is 169 Å². The minimum absolute atomic E-state index is 0.157. The van der Waals surface area contributed by atoms with Gasteiger partial charge in [0.05, 0.1) is 6.54 Å². The van der Waals surface area contributed by atoms with Crippen molar-refractivity contribution in [3.63, 3.8) is 0 Å². The summed E-state index contributed by atoms with van der Waals surface area (Å²) >= 11 is 5.98. The van der Waals surface area contributed by atoms with Crippen molar-refractivity contribution in [3.8, 4) is 11.4 Å². The first kappa shape index (κ1) is 19.9. The number of unbranched alkanes of at least 4 members (excludes halogenated alkanes) is 1. The lowest BCUT2D eigenvalue weighted by Gasteiger charge is -2.19. The van der Waals surface area contributed by atoms with Gasteiger partial charge in [-0.3, -0.25) is 4.79 Å². The highest BCUT2D eigenvalue weighted by Crippen LogP contribution is 2.20. The predicted molar refractivity (Wildman–Crippen MR) is 111 cm³/mol. The Morgan fingerprint density at radius 3 is 2.71 bits per heavy atom. The van der Waals surface area contributed by atoms with Crippen LogP contribution in [0.1, 0.15) is 36.0 Å². The summed E-state index contributed by atoms with van der Waals surface area (Å²) in [6, 6.07) is 14.7. The van der Waals surface area contributed by atoms with Gasteiger partial charge in [0.15, 0.2) is 0 Å². The zero-order valence-electron chi connectivity index (χ0n) is 16.0. The van der Waals surface area contributed by atoms with Crippen LogP contribution in [0.3, 0.4) is 0 Å². The molecule has 1 aromatic heterocycles. The number of carbonyl (C=O) groups is 1. The fourth-order valence-corrected chi connectivity index (χ4v) is 2.91. The van der Waals surface area contributed by atoms with Gasteiger partial charge < -0.3 is 14.7 Å². The van der Waals surface area contributed by atoms with E-state index in [1.54, 1.807) is 12.1 Å². The first-order valence-electron chi connectivity index (χ1n) is 9.24. The van der Waals surface area contributed by atoms with Gasteiger partial charge in [0.1, 0.15) is 0 Å². The highest BCUT2D eigenvalue weighted by atomic mass is 35.5. The molecule has 3 aromatic rings. The maximum Gasteiger partial charge on any atom is 0.251 e. The van der Waals surface area contributed by atoms with Crippen molar-refractivity contribution in [3.05, 3.63) is 65.0 Å². The zero-order chi connectivity index (χ0) is 19.9. The third-order valence-corrected chi connectivity index (χ3v) is 4.60. The van der Waals surface area contributed by atoms with Crippen LogP contribution >= 0.6 is 11.6 Å². The molecule has 28 heavy (non-hydrogen) atoms. The molecule has 0 saturated carbocycles.